The Morgan fingerprint density at radius 2 is 1.90 bits per heavy atom. The highest BCUT2D eigenvalue weighted by molar-refractivity contribution is 14.0. The van der Waals surface area contributed by atoms with Crippen LogP contribution in [0.3, 0.4) is 0 Å². The molecule has 30 heavy (non-hydrogen) atoms. The Kier molecular flexibility index (Phi) is 13.3. The first-order valence-corrected chi connectivity index (χ1v) is 11.0. The zero-order valence-corrected chi connectivity index (χ0v) is 21.7. The number of halogens is 1. The monoisotopic (exact) mass is 532 g/mol. The summed E-state index contributed by atoms with van der Waals surface area (Å²) in [6, 6.07) is 4.72. The van der Waals surface area contributed by atoms with Gasteiger partial charge in [0.15, 0.2) is 5.96 Å². The second-order valence-corrected chi connectivity index (χ2v) is 7.94. The molecule has 1 aromatic rings. The predicted octanol–water partition coefficient (Wildman–Crippen LogP) is 2.96. The zero-order chi connectivity index (χ0) is 21.1. The van der Waals surface area contributed by atoms with Crippen LogP contribution < -0.4 is 15.5 Å². The topological polar surface area (TPSA) is 65.0 Å². The Morgan fingerprint density at radius 3 is 2.43 bits per heavy atom. The van der Waals surface area contributed by atoms with Crippen LogP contribution >= 0.6 is 24.0 Å². The Balaban J connectivity index is 0.00000450. The van der Waals surface area contributed by atoms with Gasteiger partial charge in [-0.25, -0.2) is 4.98 Å². The number of aliphatic imine (C=N–C) groups is 1. The second-order valence-electron chi connectivity index (χ2n) is 7.94. The number of hydrogen-bond donors (Lipinski definition) is 2. The maximum atomic E-state index is 5.52. The highest BCUT2D eigenvalue weighted by atomic mass is 127. The molecular weight excluding hydrogens is 491 g/mol. The summed E-state index contributed by atoms with van der Waals surface area (Å²) in [5.74, 6) is 2.53. The van der Waals surface area contributed by atoms with Gasteiger partial charge in [-0.05, 0) is 37.8 Å². The normalized spacial score (nSPS) is 16.1. The van der Waals surface area contributed by atoms with E-state index in [1.807, 2.05) is 13.2 Å². The van der Waals surface area contributed by atoms with Gasteiger partial charge >= 0.3 is 0 Å². The fourth-order valence-corrected chi connectivity index (χ4v) is 3.73. The predicted molar refractivity (Wildman–Crippen MR) is 137 cm³/mol. The molecule has 2 rings (SSSR count). The fourth-order valence-electron chi connectivity index (χ4n) is 3.73. The van der Waals surface area contributed by atoms with Gasteiger partial charge in [0.05, 0.1) is 13.2 Å². The standard InChI is InChI=1S/C22H40N6O.HI/c1-6-27(7-2)21-9-8-19(15-24-21)16-25-22(23-5)26-17-20(14-18(3)4)28-10-12-29-13-11-28;/h8-9,15,18,20H,6-7,10-14,16-17H2,1-5H3,(H2,23,25,26);1H. The first-order valence-electron chi connectivity index (χ1n) is 11.0. The Labute approximate surface area is 200 Å². The van der Waals surface area contributed by atoms with E-state index < -0.39 is 0 Å². The number of hydrogen-bond acceptors (Lipinski definition) is 5. The third-order valence-corrected chi connectivity index (χ3v) is 5.39. The number of rotatable bonds is 10. The number of guanidine groups is 1. The van der Waals surface area contributed by atoms with Crippen molar-refractivity contribution in [1.29, 1.82) is 0 Å². The molecule has 172 valence electrons. The summed E-state index contributed by atoms with van der Waals surface area (Å²) < 4.78 is 5.52. The van der Waals surface area contributed by atoms with Gasteiger partial charge in [-0.1, -0.05) is 19.9 Å². The molecule has 7 nitrogen and oxygen atoms in total. The summed E-state index contributed by atoms with van der Waals surface area (Å²) in [4.78, 5) is 13.8. The SMILES string of the molecule is CCN(CC)c1ccc(CNC(=NC)NCC(CC(C)C)N2CCOCC2)cn1.I. The molecule has 0 amide bonds. The zero-order valence-electron chi connectivity index (χ0n) is 19.4. The van der Waals surface area contributed by atoms with E-state index in [0.717, 1.165) is 63.3 Å². The lowest BCUT2D eigenvalue weighted by atomic mass is 10.0. The van der Waals surface area contributed by atoms with E-state index >= 15 is 0 Å². The van der Waals surface area contributed by atoms with Crippen LogP contribution in [0.5, 0.6) is 0 Å². The van der Waals surface area contributed by atoms with Crippen molar-refractivity contribution in [2.24, 2.45) is 10.9 Å². The van der Waals surface area contributed by atoms with E-state index in [1.165, 1.54) is 6.42 Å². The van der Waals surface area contributed by atoms with Gasteiger partial charge in [0.2, 0.25) is 0 Å². The minimum atomic E-state index is 0. The molecule has 0 aliphatic carbocycles. The molecule has 0 saturated carbocycles. The molecule has 1 fully saturated rings. The van der Waals surface area contributed by atoms with Gasteiger partial charge in [0.25, 0.3) is 0 Å². The van der Waals surface area contributed by atoms with Crippen LogP contribution in [-0.4, -0.2) is 74.9 Å². The Bertz CT molecular complexity index is 600. The highest BCUT2D eigenvalue weighted by Gasteiger charge is 2.22. The number of aromatic nitrogens is 1. The third kappa shape index (κ3) is 8.93. The lowest BCUT2D eigenvalue weighted by Crippen LogP contribution is -2.50. The molecule has 1 aromatic heterocycles. The van der Waals surface area contributed by atoms with E-state index in [1.54, 1.807) is 0 Å². The summed E-state index contributed by atoms with van der Waals surface area (Å²) in [5.41, 5.74) is 1.15. The summed E-state index contributed by atoms with van der Waals surface area (Å²) >= 11 is 0. The van der Waals surface area contributed by atoms with Crippen LogP contribution in [0.4, 0.5) is 5.82 Å². The van der Waals surface area contributed by atoms with Crippen LogP contribution in [0.25, 0.3) is 0 Å². The maximum Gasteiger partial charge on any atom is 0.191 e. The molecule has 1 unspecified atom stereocenters. The van der Waals surface area contributed by atoms with Gasteiger partial charge < -0.3 is 20.3 Å². The van der Waals surface area contributed by atoms with Crippen LogP contribution in [0.1, 0.15) is 39.7 Å². The minimum Gasteiger partial charge on any atom is -0.379 e. The second kappa shape index (κ2) is 14.8. The molecule has 0 bridgehead atoms. The summed E-state index contributed by atoms with van der Waals surface area (Å²) in [6.07, 6.45) is 3.12. The average Bonchev–Trinajstić information content (AvgIpc) is 2.75. The van der Waals surface area contributed by atoms with Crippen molar-refractivity contribution in [3.63, 3.8) is 0 Å². The largest absolute Gasteiger partial charge is 0.379 e. The van der Waals surface area contributed by atoms with Crippen LogP contribution in [0.15, 0.2) is 23.3 Å². The molecule has 1 atom stereocenters. The van der Waals surface area contributed by atoms with Crippen molar-refractivity contribution in [2.45, 2.75) is 46.7 Å². The van der Waals surface area contributed by atoms with E-state index in [0.29, 0.717) is 18.5 Å². The van der Waals surface area contributed by atoms with E-state index in [2.05, 4.69) is 70.2 Å². The van der Waals surface area contributed by atoms with Crippen molar-refractivity contribution in [3.05, 3.63) is 23.9 Å². The maximum absolute atomic E-state index is 5.52. The van der Waals surface area contributed by atoms with Crippen molar-refractivity contribution in [1.82, 2.24) is 20.5 Å². The number of morpholine rings is 1. The minimum absolute atomic E-state index is 0. The molecule has 2 heterocycles. The van der Waals surface area contributed by atoms with Crippen molar-refractivity contribution >= 4 is 35.8 Å². The van der Waals surface area contributed by atoms with Crippen molar-refractivity contribution < 1.29 is 4.74 Å². The fraction of sp³-hybridized carbons (Fsp3) is 0.727. The summed E-state index contributed by atoms with van der Waals surface area (Å²) in [6.45, 7) is 16.1. The van der Waals surface area contributed by atoms with Crippen LogP contribution in [-0.2, 0) is 11.3 Å². The first-order chi connectivity index (χ1) is 14.1. The van der Waals surface area contributed by atoms with Gasteiger partial charge in [-0.3, -0.25) is 9.89 Å². The van der Waals surface area contributed by atoms with E-state index in [9.17, 15) is 0 Å². The van der Waals surface area contributed by atoms with Gasteiger partial charge in [-0.2, -0.15) is 0 Å². The first kappa shape index (κ1) is 26.9. The van der Waals surface area contributed by atoms with Crippen LogP contribution in [0.2, 0.25) is 0 Å². The van der Waals surface area contributed by atoms with Gasteiger partial charge in [-0.15, -0.1) is 24.0 Å². The highest BCUT2D eigenvalue weighted by Crippen LogP contribution is 2.13. The Morgan fingerprint density at radius 1 is 1.20 bits per heavy atom. The van der Waals surface area contributed by atoms with Gasteiger partial charge in [0.1, 0.15) is 5.82 Å². The quantitative estimate of drug-likeness (QED) is 0.275. The van der Waals surface area contributed by atoms with Crippen LogP contribution in [0, 0.1) is 5.92 Å². The summed E-state index contributed by atoms with van der Waals surface area (Å²) in [5, 5.41) is 6.93. The molecule has 8 heteroatoms. The van der Waals surface area contributed by atoms with E-state index in [4.69, 9.17) is 4.74 Å². The summed E-state index contributed by atoms with van der Waals surface area (Å²) in [7, 11) is 1.82. The van der Waals surface area contributed by atoms with Gasteiger partial charge in [0, 0.05) is 58.6 Å². The third-order valence-electron chi connectivity index (χ3n) is 5.39. The molecule has 2 N–H and O–H groups in total. The molecule has 0 spiro atoms. The van der Waals surface area contributed by atoms with Crippen molar-refractivity contribution in [3.8, 4) is 0 Å². The molecule has 1 saturated heterocycles. The Hall–Kier alpha value is -1.13. The molecule has 1 aliphatic heterocycles. The number of anilines is 1. The molecular formula is C22H41IN6O. The number of nitrogens with one attached hydrogen (secondary N) is 2. The molecule has 1 aliphatic rings. The number of nitrogens with zero attached hydrogens (tertiary/aromatic N) is 4. The van der Waals surface area contributed by atoms with E-state index in [-0.39, 0.29) is 24.0 Å². The lowest BCUT2D eigenvalue weighted by molar-refractivity contribution is 0.0132. The lowest BCUT2D eigenvalue weighted by Gasteiger charge is -2.35. The number of pyridine rings is 1. The smallest absolute Gasteiger partial charge is 0.191 e. The van der Waals surface area contributed by atoms with Crippen molar-refractivity contribution in [2.75, 3.05) is 57.9 Å². The molecule has 0 radical (unpaired) electrons. The number of ether oxygens (including phenoxy) is 1. The molecule has 0 aromatic carbocycles. The average molecular weight is 533 g/mol.